The summed E-state index contributed by atoms with van der Waals surface area (Å²) in [6.07, 6.45) is 10.0. The Morgan fingerprint density at radius 1 is 0.611 bits per heavy atom. The van der Waals surface area contributed by atoms with Crippen LogP contribution in [-0.4, -0.2) is 21.8 Å². The van der Waals surface area contributed by atoms with E-state index in [1.165, 1.54) is 74.9 Å². The van der Waals surface area contributed by atoms with E-state index in [9.17, 15) is 0 Å². The molecule has 0 aromatic rings. The molecule has 106 valence electrons. The SMILES string of the molecule is N=C(N)SCCCCCCCCCCSC(=N)N. The lowest BCUT2D eigenvalue weighted by atomic mass is 10.1. The molecule has 0 aromatic heterocycles. The second-order valence-corrected chi connectivity index (χ2v) is 6.53. The molecular formula is C12H26N4S2. The van der Waals surface area contributed by atoms with Gasteiger partial charge in [-0.3, -0.25) is 10.8 Å². The van der Waals surface area contributed by atoms with Gasteiger partial charge < -0.3 is 11.5 Å². The summed E-state index contributed by atoms with van der Waals surface area (Å²) in [6.45, 7) is 0. The molecule has 0 atom stereocenters. The van der Waals surface area contributed by atoms with Gasteiger partial charge in [-0.1, -0.05) is 62.0 Å². The number of nitrogens with two attached hydrogens (primary N) is 2. The van der Waals surface area contributed by atoms with Crippen molar-refractivity contribution in [3.05, 3.63) is 0 Å². The van der Waals surface area contributed by atoms with Crippen molar-refractivity contribution in [1.29, 1.82) is 10.8 Å². The summed E-state index contributed by atoms with van der Waals surface area (Å²) in [7, 11) is 0. The van der Waals surface area contributed by atoms with Gasteiger partial charge in [0.15, 0.2) is 10.3 Å². The lowest BCUT2D eigenvalue weighted by Gasteiger charge is -2.02. The average molecular weight is 291 g/mol. The smallest absolute Gasteiger partial charge is 0.151 e. The summed E-state index contributed by atoms with van der Waals surface area (Å²) in [5, 5.41) is 14.6. The molecule has 0 aromatic carbocycles. The van der Waals surface area contributed by atoms with Crippen LogP contribution in [-0.2, 0) is 0 Å². The zero-order chi connectivity index (χ0) is 13.6. The van der Waals surface area contributed by atoms with E-state index in [-0.39, 0.29) is 10.3 Å². The molecule has 0 fully saturated rings. The first-order valence-electron chi connectivity index (χ1n) is 6.56. The molecule has 4 nitrogen and oxygen atoms in total. The molecule has 0 heterocycles. The van der Waals surface area contributed by atoms with Crippen molar-refractivity contribution in [2.24, 2.45) is 11.5 Å². The molecule has 0 spiro atoms. The van der Waals surface area contributed by atoms with Crippen molar-refractivity contribution in [2.45, 2.75) is 51.4 Å². The third-order valence-electron chi connectivity index (χ3n) is 2.55. The molecule has 6 N–H and O–H groups in total. The Morgan fingerprint density at radius 3 is 1.17 bits per heavy atom. The van der Waals surface area contributed by atoms with E-state index < -0.39 is 0 Å². The van der Waals surface area contributed by atoms with Gasteiger partial charge in [0, 0.05) is 11.5 Å². The van der Waals surface area contributed by atoms with Gasteiger partial charge in [0.2, 0.25) is 0 Å². The second-order valence-electron chi connectivity index (χ2n) is 4.25. The standard InChI is InChI=1S/C12H26N4S2/c13-11(14)17-9-7-5-3-1-2-4-6-8-10-18-12(15)16/h1-10H2,(H3,13,14)(H3,15,16). The quantitative estimate of drug-likeness (QED) is 0.266. The summed E-state index contributed by atoms with van der Waals surface area (Å²) >= 11 is 2.88. The molecule has 0 amide bonds. The third-order valence-corrected chi connectivity index (χ3v) is 4.16. The number of nitrogens with one attached hydrogen (secondary N) is 2. The number of thioether (sulfide) groups is 2. The van der Waals surface area contributed by atoms with Crippen molar-refractivity contribution in [3.8, 4) is 0 Å². The zero-order valence-corrected chi connectivity index (χ0v) is 12.7. The molecule has 0 aliphatic heterocycles. The van der Waals surface area contributed by atoms with Crippen LogP contribution in [0.3, 0.4) is 0 Å². The van der Waals surface area contributed by atoms with Crippen LogP contribution in [0.25, 0.3) is 0 Å². The molecule has 0 bridgehead atoms. The van der Waals surface area contributed by atoms with Crippen LogP contribution in [0.4, 0.5) is 0 Å². The predicted octanol–water partition coefficient (Wildman–Crippen LogP) is 3.36. The molecule has 0 unspecified atom stereocenters. The van der Waals surface area contributed by atoms with Gasteiger partial charge in [0.1, 0.15) is 0 Å². The van der Waals surface area contributed by atoms with E-state index in [1.807, 2.05) is 0 Å². The van der Waals surface area contributed by atoms with Gasteiger partial charge in [-0.05, 0) is 12.8 Å². The Labute approximate surface area is 119 Å². The largest absolute Gasteiger partial charge is 0.379 e. The fraction of sp³-hybridized carbons (Fsp3) is 0.833. The maximum absolute atomic E-state index is 7.07. The molecule has 0 aliphatic rings. The van der Waals surface area contributed by atoms with Crippen LogP contribution < -0.4 is 11.5 Å². The van der Waals surface area contributed by atoms with E-state index in [1.54, 1.807) is 0 Å². The Bertz CT molecular complexity index is 210. The van der Waals surface area contributed by atoms with Crippen LogP contribution in [0, 0.1) is 10.8 Å². The van der Waals surface area contributed by atoms with Gasteiger partial charge in [0.25, 0.3) is 0 Å². The van der Waals surface area contributed by atoms with E-state index >= 15 is 0 Å². The normalized spacial score (nSPS) is 10.4. The topological polar surface area (TPSA) is 99.7 Å². The van der Waals surface area contributed by atoms with E-state index in [0.717, 1.165) is 11.5 Å². The molecule has 0 radical (unpaired) electrons. The zero-order valence-electron chi connectivity index (χ0n) is 11.0. The first-order valence-corrected chi connectivity index (χ1v) is 8.53. The highest BCUT2D eigenvalue weighted by atomic mass is 32.2. The van der Waals surface area contributed by atoms with Gasteiger partial charge in [0.05, 0.1) is 0 Å². The van der Waals surface area contributed by atoms with Gasteiger partial charge in [-0.25, -0.2) is 0 Å². The molecule has 0 saturated carbocycles. The lowest BCUT2D eigenvalue weighted by molar-refractivity contribution is 0.588. The molecular weight excluding hydrogens is 264 g/mol. The number of unbranched alkanes of at least 4 members (excludes halogenated alkanes) is 7. The molecule has 0 rings (SSSR count). The van der Waals surface area contributed by atoms with Crippen molar-refractivity contribution in [2.75, 3.05) is 11.5 Å². The van der Waals surface area contributed by atoms with Crippen molar-refractivity contribution in [1.82, 2.24) is 0 Å². The Morgan fingerprint density at radius 2 is 0.889 bits per heavy atom. The first kappa shape index (κ1) is 17.6. The van der Waals surface area contributed by atoms with Crippen LogP contribution in [0.5, 0.6) is 0 Å². The summed E-state index contributed by atoms with van der Waals surface area (Å²) in [5.41, 5.74) is 10.5. The van der Waals surface area contributed by atoms with E-state index in [2.05, 4.69) is 0 Å². The maximum Gasteiger partial charge on any atom is 0.151 e. The second kappa shape index (κ2) is 13.1. The van der Waals surface area contributed by atoms with Crippen molar-refractivity contribution in [3.63, 3.8) is 0 Å². The summed E-state index contributed by atoms with van der Waals surface area (Å²) in [5.74, 6) is 1.97. The molecule has 0 aliphatic carbocycles. The van der Waals surface area contributed by atoms with E-state index in [0.29, 0.717) is 0 Å². The van der Waals surface area contributed by atoms with Crippen LogP contribution in [0.15, 0.2) is 0 Å². The van der Waals surface area contributed by atoms with Crippen molar-refractivity contribution < 1.29 is 0 Å². The first-order chi connectivity index (χ1) is 8.63. The third kappa shape index (κ3) is 15.6. The highest BCUT2D eigenvalue weighted by Crippen LogP contribution is 2.12. The summed E-state index contributed by atoms with van der Waals surface area (Å²) in [6, 6.07) is 0. The predicted molar refractivity (Wildman–Crippen MR) is 85.7 cm³/mol. The minimum Gasteiger partial charge on any atom is -0.379 e. The minimum atomic E-state index is 0.235. The number of amidine groups is 2. The fourth-order valence-electron chi connectivity index (χ4n) is 1.63. The van der Waals surface area contributed by atoms with Gasteiger partial charge >= 0.3 is 0 Å². The summed E-state index contributed by atoms with van der Waals surface area (Å²) in [4.78, 5) is 0. The number of hydrogen-bond acceptors (Lipinski definition) is 4. The maximum atomic E-state index is 7.07. The van der Waals surface area contributed by atoms with Gasteiger partial charge in [-0.2, -0.15) is 0 Å². The van der Waals surface area contributed by atoms with Crippen molar-refractivity contribution >= 4 is 33.9 Å². The van der Waals surface area contributed by atoms with Crippen LogP contribution in [0.1, 0.15) is 51.4 Å². The minimum absolute atomic E-state index is 0.235. The lowest BCUT2D eigenvalue weighted by Crippen LogP contribution is -2.04. The molecule has 18 heavy (non-hydrogen) atoms. The summed E-state index contributed by atoms with van der Waals surface area (Å²) < 4.78 is 0. The van der Waals surface area contributed by atoms with E-state index in [4.69, 9.17) is 22.3 Å². The monoisotopic (exact) mass is 290 g/mol. The number of rotatable bonds is 11. The van der Waals surface area contributed by atoms with Crippen LogP contribution in [0.2, 0.25) is 0 Å². The Kier molecular flexibility index (Phi) is 12.8. The molecule has 6 heteroatoms. The fourth-order valence-corrected chi connectivity index (χ4v) is 2.77. The van der Waals surface area contributed by atoms with Crippen LogP contribution >= 0.6 is 23.5 Å². The highest BCUT2D eigenvalue weighted by molar-refractivity contribution is 8.13. The Balaban J connectivity index is 2.99. The highest BCUT2D eigenvalue weighted by Gasteiger charge is 1.95. The Hall–Kier alpha value is -0.360. The number of hydrogen-bond donors (Lipinski definition) is 4. The van der Waals surface area contributed by atoms with Gasteiger partial charge in [-0.15, -0.1) is 0 Å². The molecule has 0 saturated heterocycles. The average Bonchev–Trinajstić information content (AvgIpc) is 2.29.